The SMILES string of the molecule is CC(C)c1ccc(OCc2nnc(SCC(=O)Nc3cccc(C(F)(F)F)c3)o2)cc1. The normalized spacial score (nSPS) is 11.5. The van der Waals surface area contributed by atoms with Gasteiger partial charge in [-0.15, -0.1) is 10.2 Å². The van der Waals surface area contributed by atoms with Gasteiger partial charge in [-0.25, -0.2) is 0 Å². The van der Waals surface area contributed by atoms with Crippen LogP contribution in [-0.2, 0) is 17.6 Å². The predicted octanol–water partition coefficient (Wildman–Crippen LogP) is 5.52. The van der Waals surface area contributed by atoms with Crippen molar-refractivity contribution in [1.82, 2.24) is 10.2 Å². The first-order valence-corrected chi connectivity index (χ1v) is 10.3. The van der Waals surface area contributed by atoms with Gasteiger partial charge in [0.15, 0.2) is 6.61 Å². The summed E-state index contributed by atoms with van der Waals surface area (Å²) in [7, 11) is 0. The molecule has 31 heavy (non-hydrogen) atoms. The molecule has 1 amide bonds. The van der Waals surface area contributed by atoms with Crippen LogP contribution in [0.25, 0.3) is 0 Å². The van der Waals surface area contributed by atoms with Crippen LogP contribution < -0.4 is 10.1 Å². The molecule has 2 aromatic carbocycles. The quantitative estimate of drug-likeness (QED) is 0.455. The van der Waals surface area contributed by atoms with Crippen LogP contribution in [0.1, 0.15) is 36.8 Å². The molecule has 0 bridgehead atoms. The summed E-state index contributed by atoms with van der Waals surface area (Å²) in [6.07, 6.45) is -4.48. The number of hydrogen-bond donors (Lipinski definition) is 1. The van der Waals surface area contributed by atoms with Gasteiger partial charge in [0.25, 0.3) is 11.1 Å². The Morgan fingerprint density at radius 2 is 1.90 bits per heavy atom. The molecule has 0 aliphatic rings. The average molecular weight is 451 g/mol. The van der Waals surface area contributed by atoms with Crippen LogP contribution in [0.2, 0.25) is 0 Å². The molecule has 6 nitrogen and oxygen atoms in total. The highest BCUT2D eigenvalue weighted by Gasteiger charge is 2.30. The van der Waals surface area contributed by atoms with E-state index in [4.69, 9.17) is 9.15 Å². The molecule has 3 aromatic rings. The van der Waals surface area contributed by atoms with Gasteiger partial charge in [0, 0.05) is 5.69 Å². The monoisotopic (exact) mass is 451 g/mol. The summed E-state index contributed by atoms with van der Waals surface area (Å²) >= 11 is 0.975. The van der Waals surface area contributed by atoms with Crippen LogP contribution in [0.5, 0.6) is 5.75 Å². The molecule has 1 aromatic heterocycles. The lowest BCUT2D eigenvalue weighted by atomic mass is 10.0. The van der Waals surface area contributed by atoms with Gasteiger partial charge in [0.1, 0.15) is 5.75 Å². The second-order valence-corrected chi connectivity index (χ2v) is 7.82. The van der Waals surface area contributed by atoms with Crippen molar-refractivity contribution >= 4 is 23.4 Å². The van der Waals surface area contributed by atoms with E-state index in [9.17, 15) is 18.0 Å². The van der Waals surface area contributed by atoms with E-state index in [1.165, 1.54) is 17.7 Å². The van der Waals surface area contributed by atoms with E-state index in [0.717, 1.165) is 23.9 Å². The Morgan fingerprint density at radius 1 is 1.16 bits per heavy atom. The van der Waals surface area contributed by atoms with E-state index >= 15 is 0 Å². The molecule has 164 valence electrons. The maximum atomic E-state index is 12.7. The summed E-state index contributed by atoms with van der Waals surface area (Å²) in [6, 6.07) is 12.1. The van der Waals surface area contributed by atoms with E-state index < -0.39 is 17.6 Å². The third kappa shape index (κ3) is 6.74. The van der Waals surface area contributed by atoms with Gasteiger partial charge in [-0.1, -0.05) is 43.8 Å². The molecule has 0 spiro atoms. The molecular formula is C21H20F3N3O3S. The van der Waals surface area contributed by atoms with Crippen LogP contribution in [0, 0.1) is 0 Å². The summed E-state index contributed by atoms with van der Waals surface area (Å²) in [5, 5.41) is 10.3. The van der Waals surface area contributed by atoms with Gasteiger partial charge < -0.3 is 14.5 Å². The first-order chi connectivity index (χ1) is 14.7. The van der Waals surface area contributed by atoms with Crippen molar-refractivity contribution in [3.05, 3.63) is 65.5 Å². The minimum atomic E-state index is -4.48. The number of aromatic nitrogens is 2. The lowest BCUT2D eigenvalue weighted by Gasteiger charge is -2.09. The third-order valence-electron chi connectivity index (χ3n) is 4.16. The van der Waals surface area contributed by atoms with Crippen LogP contribution in [-0.4, -0.2) is 21.9 Å². The van der Waals surface area contributed by atoms with Gasteiger partial charge in [0.05, 0.1) is 11.3 Å². The van der Waals surface area contributed by atoms with Crippen molar-refractivity contribution < 1.29 is 27.1 Å². The highest BCUT2D eigenvalue weighted by molar-refractivity contribution is 7.99. The van der Waals surface area contributed by atoms with Crippen molar-refractivity contribution in [3.8, 4) is 5.75 Å². The van der Waals surface area contributed by atoms with Gasteiger partial charge in [-0.2, -0.15) is 13.2 Å². The molecule has 0 saturated carbocycles. The van der Waals surface area contributed by atoms with E-state index in [0.29, 0.717) is 11.7 Å². The number of hydrogen-bond acceptors (Lipinski definition) is 6. The largest absolute Gasteiger partial charge is 0.484 e. The number of halogens is 3. The molecular weight excluding hydrogens is 431 g/mol. The average Bonchev–Trinajstić information content (AvgIpc) is 3.18. The van der Waals surface area contributed by atoms with Crippen LogP contribution in [0.3, 0.4) is 0 Å². The maximum Gasteiger partial charge on any atom is 0.416 e. The highest BCUT2D eigenvalue weighted by Crippen LogP contribution is 2.30. The van der Waals surface area contributed by atoms with E-state index in [1.807, 2.05) is 24.3 Å². The number of thioether (sulfide) groups is 1. The number of amides is 1. The Balaban J connectivity index is 1.47. The summed E-state index contributed by atoms with van der Waals surface area (Å²) in [4.78, 5) is 12.0. The molecule has 1 N–H and O–H groups in total. The zero-order valence-electron chi connectivity index (χ0n) is 16.8. The second-order valence-electron chi connectivity index (χ2n) is 6.89. The molecule has 0 fully saturated rings. The van der Waals surface area contributed by atoms with Crippen LogP contribution >= 0.6 is 11.8 Å². The summed E-state index contributed by atoms with van der Waals surface area (Å²) in [5.41, 5.74) is 0.425. The Bertz CT molecular complexity index is 1020. The van der Waals surface area contributed by atoms with Crippen molar-refractivity contribution in [3.63, 3.8) is 0 Å². The van der Waals surface area contributed by atoms with Gasteiger partial charge in [-0.3, -0.25) is 4.79 Å². The lowest BCUT2D eigenvalue weighted by molar-refractivity contribution is -0.137. The number of rotatable bonds is 8. The zero-order valence-corrected chi connectivity index (χ0v) is 17.6. The van der Waals surface area contributed by atoms with Gasteiger partial charge in [-0.05, 0) is 41.8 Å². The number of benzene rings is 2. The molecule has 0 unspecified atom stereocenters. The highest BCUT2D eigenvalue weighted by atomic mass is 32.2. The van der Waals surface area contributed by atoms with Crippen LogP contribution in [0.4, 0.5) is 18.9 Å². The van der Waals surface area contributed by atoms with E-state index in [-0.39, 0.29) is 29.2 Å². The summed E-state index contributed by atoms with van der Waals surface area (Å²) < 4.78 is 49.3. The minimum Gasteiger partial charge on any atom is -0.484 e. The lowest BCUT2D eigenvalue weighted by Crippen LogP contribution is -2.15. The molecule has 0 aliphatic heterocycles. The number of carbonyl (C=O) groups excluding carboxylic acids is 1. The number of alkyl halides is 3. The fraction of sp³-hybridized carbons (Fsp3) is 0.286. The fourth-order valence-corrected chi connectivity index (χ4v) is 3.13. The first-order valence-electron chi connectivity index (χ1n) is 9.36. The first kappa shape index (κ1) is 22.7. The number of carbonyl (C=O) groups is 1. The van der Waals surface area contributed by atoms with E-state index in [2.05, 4.69) is 29.4 Å². The van der Waals surface area contributed by atoms with Crippen molar-refractivity contribution in [2.45, 2.75) is 37.8 Å². The topological polar surface area (TPSA) is 77.2 Å². The molecule has 0 radical (unpaired) electrons. The third-order valence-corrected chi connectivity index (χ3v) is 4.98. The Morgan fingerprint density at radius 3 is 2.58 bits per heavy atom. The molecule has 0 saturated heterocycles. The van der Waals surface area contributed by atoms with Crippen molar-refractivity contribution in [2.24, 2.45) is 0 Å². The number of nitrogens with one attached hydrogen (secondary N) is 1. The number of anilines is 1. The van der Waals surface area contributed by atoms with Crippen LogP contribution in [0.15, 0.2) is 58.2 Å². The van der Waals surface area contributed by atoms with Crippen molar-refractivity contribution in [1.29, 1.82) is 0 Å². The molecule has 0 aliphatic carbocycles. The smallest absolute Gasteiger partial charge is 0.416 e. The van der Waals surface area contributed by atoms with E-state index in [1.54, 1.807) is 0 Å². The maximum absolute atomic E-state index is 12.7. The van der Waals surface area contributed by atoms with Crippen molar-refractivity contribution in [2.75, 3.05) is 11.1 Å². The standard InChI is InChI=1S/C21H20F3N3O3S/c1-13(2)14-6-8-17(9-7-14)29-11-19-26-27-20(30-19)31-12-18(28)25-16-5-3-4-15(10-16)21(22,23)24/h3-10,13H,11-12H2,1-2H3,(H,25,28). The number of nitrogens with zero attached hydrogens (tertiary/aromatic N) is 2. The fourth-order valence-electron chi connectivity index (χ4n) is 2.55. The molecule has 3 rings (SSSR count). The molecule has 0 atom stereocenters. The van der Waals surface area contributed by atoms with Gasteiger partial charge >= 0.3 is 6.18 Å². The zero-order chi connectivity index (χ0) is 22.4. The second kappa shape index (κ2) is 9.86. The predicted molar refractivity (Wildman–Crippen MR) is 110 cm³/mol. The Hall–Kier alpha value is -3.01. The Labute approximate surface area is 181 Å². The summed E-state index contributed by atoms with van der Waals surface area (Å²) in [5.74, 6) is 0.738. The molecule has 1 heterocycles. The van der Waals surface area contributed by atoms with Gasteiger partial charge in [0.2, 0.25) is 5.91 Å². The Kier molecular flexibility index (Phi) is 7.21. The minimum absolute atomic E-state index is 0.0588. The number of ether oxygens (including phenoxy) is 1. The summed E-state index contributed by atoms with van der Waals surface area (Å²) in [6.45, 7) is 4.28. The molecule has 10 heteroatoms.